The molecular formula is C10H12BrClN2O. The number of halogens is 2. The van der Waals surface area contributed by atoms with Gasteiger partial charge in [-0.15, -0.1) is 0 Å². The maximum absolute atomic E-state index is 5.67. The average molecular weight is 292 g/mol. The Morgan fingerprint density at radius 2 is 2.33 bits per heavy atom. The van der Waals surface area contributed by atoms with Crippen LogP contribution < -0.4 is 4.74 Å². The minimum absolute atomic E-state index is 0.219. The smallest absolute Gasteiger partial charge is 0.232 e. The van der Waals surface area contributed by atoms with E-state index < -0.39 is 0 Å². The van der Waals surface area contributed by atoms with Gasteiger partial charge in [0.25, 0.3) is 0 Å². The Hall–Kier alpha value is -0.350. The molecule has 1 aromatic heterocycles. The second-order valence-electron chi connectivity index (χ2n) is 3.73. The van der Waals surface area contributed by atoms with Gasteiger partial charge in [-0.1, -0.05) is 19.3 Å². The highest BCUT2D eigenvalue weighted by Gasteiger charge is 2.17. The molecule has 15 heavy (non-hydrogen) atoms. The predicted molar refractivity (Wildman–Crippen MR) is 62.2 cm³/mol. The van der Waals surface area contributed by atoms with Crippen LogP contribution in [0.25, 0.3) is 0 Å². The molecule has 5 heteroatoms. The van der Waals surface area contributed by atoms with Crippen molar-refractivity contribution in [1.82, 2.24) is 9.97 Å². The Morgan fingerprint density at radius 1 is 1.53 bits per heavy atom. The zero-order valence-corrected chi connectivity index (χ0v) is 10.6. The van der Waals surface area contributed by atoms with Gasteiger partial charge in [0.15, 0.2) is 0 Å². The first-order valence-electron chi connectivity index (χ1n) is 5.06. The molecular weight excluding hydrogens is 279 g/mol. The number of hydrogen-bond donors (Lipinski definition) is 0. The van der Waals surface area contributed by atoms with Gasteiger partial charge < -0.3 is 4.74 Å². The van der Waals surface area contributed by atoms with Crippen LogP contribution in [-0.4, -0.2) is 16.6 Å². The van der Waals surface area contributed by atoms with Crippen LogP contribution in [0.4, 0.5) is 0 Å². The molecule has 2 rings (SSSR count). The molecule has 1 aliphatic carbocycles. The Labute approximate surface area is 102 Å². The van der Waals surface area contributed by atoms with E-state index in [1.165, 1.54) is 19.3 Å². The lowest BCUT2D eigenvalue weighted by Gasteiger charge is -2.24. The molecule has 1 aromatic rings. The highest BCUT2D eigenvalue weighted by Crippen LogP contribution is 2.30. The summed E-state index contributed by atoms with van der Waals surface area (Å²) in [7, 11) is 0. The van der Waals surface area contributed by atoms with Gasteiger partial charge in [-0.2, -0.15) is 4.98 Å². The molecule has 0 saturated heterocycles. The molecule has 82 valence electrons. The second kappa shape index (κ2) is 5.12. The lowest BCUT2D eigenvalue weighted by atomic mass is 9.83. The third kappa shape index (κ3) is 3.05. The minimum Gasteiger partial charge on any atom is -0.477 e. The Bertz CT molecular complexity index is 344. The van der Waals surface area contributed by atoms with E-state index in [9.17, 15) is 0 Å². The van der Waals surface area contributed by atoms with Crippen molar-refractivity contribution in [2.24, 2.45) is 5.92 Å². The van der Waals surface area contributed by atoms with Crippen molar-refractivity contribution in [2.45, 2.75) is 25.7 Å². The van der Waals surface area contributed by atoms with Gasteiger partial charge in [-0.25, -0.2) is 4.98 Å². The Balaban J connectivity index is 1.83. The van der Waals surface area contributed by atoms with Gasteiger partial charge in [0.05, 0.1) is 11.1 Å². The fraction of sp³-hybridized carbons (Fsp3) is 0.600. The Morgan fingerprint density at radius 3 is 3.00 bits per heavy atom. The van der Waals surface area contributed by atoms with Crippen LogP contribution in [0, 0.1) is 5.92 Å². The third-order valence-corrected chi connectivity index (χ3v) is 3.40. The molecule has 0 unspecified atom stereocenters. The van der Waals surface area contributed by atoms with E-state index in [4.69, 9.17) is 16.3 Å². The normalized spacial score (nSPS) is 16.1. The number of aromatic nitrogens is 2. The highest BCUT2D eigenvalue weighted by atomic mass is 79.9. The SMILES string of the molecule is Clc1ncc(Br)c(OCCC2CCC2)n1. The van der Waals surface area contributed by atoms with Crippen LogP contribution in [0.3, 0.4) is 0 Å². The van der Waals surface area contributed by atoms with E-state index in [-0.39, 0.29) is 5.28 Å². The maximum atomic E-state index is 5.67. The highest BCUT2D eigenvalue weighted by molar-refractivity contribution is 9.10. The van der Waals surface area contributed by atoms with E-state index in [0.717, 1.165) is 16.8 Å². The van der Waals surface area contributed by atoms with Crippen molar-refractivity contribution in [3.05, 3.63) is 16.0 Å². The number of nitrogens with zero attached hydrogens (tertiary/aromatic N) is 2. The van der Waals surface area contributed by atoms with Gasteiger partial charge in [0.2, 0.25) is 11.2 Å². The van der Waals surface area contributed by atoms with E-state index in [1.54, 1.807) is 6.20 Å². The molecule has 0 N–H and O–H groups in total. The molecule has 1 fully saturated rings. The molecule has 1 saturated carbocycles. The standard InChI is InChI=1S/C10H12BrClN2O/c11-8-6-13-10(12)14-9(8)15-5-4-7-2-1-3-7/h6-7H,1-5H2. The first-order chi connectivity index (χ1) is 7.25. The summed E-state index contributed by atoms with van der Waals surface area (Å²) in [5.41, 5.74) is 0. The lowest BCUT2D eigenvalue weighted by Crippen LogP contribution is -2.14. The lowest BCUT2D eigenvalue weighted by molar-refractivity contribution is 0.216. The summed E-state index contributed by atoms with van der Waals surface area (Å²) in [6.45, 7) is 0.705. The summed E-state index contributed by atoms with van der Waals surface area (Å²) in [5, 5.41) is 0.219. The first kappa shape index (κ1) is 11.1. The molecule has 1 heterocycles. The van der Waals surface area contributed by atoms with Crippen LogP contribution >= 0.6 is 27.5 Å². The number of hydrogen-bond acceptors (Lipinski definition) is 3. The molecule has 0 atom stereocenters. The topological polar surface area (TPSA) is 35.0 Å². The van der Waals surface area contributed by atoms with Crippen molar-refractivity contribution >= 4 is 27.5 Å². The summed E-state index contributed by atoms with van der Waals surface area (Å²) in [5.74, 6) is 1.38. The predicted octanol–water partition coefficient (Wildman–Crippen LogP) is 3.46. The second-order valence-corrected chi connectivity index (χ2v) is 4.92. The van der Waals surface area contributed by atoms with Crippen LogP contribution in [0.15, 0.2) is 10.7 Å². The van der Waals surface area contributed by atoms with Gasteiger partial charge >= 0.3 is 0 Å². The fourth-order valence-corrected chi connectivity index (χ4v) is 1.97. The van der Waals surface area contributed by atoms with Crippen LogP contribution in [0.5, 0.6) is 5.88 Å². The molecule has 0 bridgehead atoms. The van der Waals surface area contributed by atoms with Crippen molar-refractivity contribution in [3.8, 4) is 5.88 Å². The quantitative estimate of drug-likeness (QED) is 0.797. The molecule has 3 nitrogen and oxygen atoms in total. The van der Waals surface area contributed by atoms with E-state index in [2.05, 4.69) is 25.9 Å². The minimum atomic E-state index is 0.219. The zero-order chi connectivity index (χ0) is 10.7. The van der Waals surface area contributed by atoms with Gasteiger partial charge in [-0.05, 0) is 39.9 Å². The number of rotatable bonds is 4. The van der Waals surface area contributed by atoms with Crippen molar-refractivity contribution in [1.29, 1.82) is 0 Å². The summed E-state index contributed by atoms with van der Waals surface area (Å²) in [4.78, 5) is 7.84. The molecule has 0 radical (unpaired) electrons. The van der Waals surface area contributed by atoms with Crippen molar-refractivity contribution < 1.29 is 4.74 Å². The average Bonchev–Trinajstić information content (AvgIpc) is 2.15. The summed E-state index contributed by atoms with van der Waals surface area (Å²) >= 11 is 8.99. The Kier molecular flexibility index (Phi) is 3.81. The molecule has 0 amide bonds. The summed E-state index contributed by atoms with van der Waals surface area (Å²) in [6, 6.07) is 0. The molecule has 1 aliphatic rings. The third-order valence-electron chi connectivity index (χ3n) is 2.67. The maximum Gasteiger partial charge on any atom is 0.232 e. The van der Waals surface area contributed by atoms with Gasteiger partial charge in [0.1, 0.15) is 0 Å². The fourth-order valence-electron chi connectivity index (χ4n) is 1.54. The van der Waals surface area contributed by atoms with Gasteiger partial charge in [-0.3, -0.25) is 0 Å². The van der Waals surface area contributed by atoms with Crippen LogP contribution in [-0.2, 0) is 0 Å². The van der Waals surface area contributed by atoms with Crippen molar-refractivity contribution in [2.75, 3.05) is 6.61 Å². The van der Waals surface area contributed by atoms with E-state index in [0.29, 0.717) is 12.5 Å². The molecule has 0 aromatic carbocycles. The molecule has 0 spiro atoms. The van der Waals surface area contributed by atoms with E-state index >= 15 is 0 Å². The number of ether oxygens (including phenoxy) is 1. The molecule has 0 aliphatic heterocycles. The van der Waals surface area contributed by atoms with Gasteiger partial charge in [0, 0.05) is 6.20 Å². The first-order valence-corrected chi connectivity index (χ1v) is 6.23. The van der Waals surface area contributed by atoms with Crippen LogP contribution in [0.2, 0.25) is 5.28 Å². The summed E-state index contributed by atoms with van der Waals surface area (Å²) < 4.78 is 6.29. The zero-order valence-electron chi connectivity index (χ0n) is 8.25. The monoisotopic (exact) mass is 290 g/mol. The largest absolute Gasteiger partial charge is 0.477 e. The van der Waals surface area contributed by atoms with E-state index in [1.807, 2.05) is 0 Å². The summed E-state index contributed by atoms with van der Waals surface area (Å²) in [6.07, 6.45) is 6.76. The van der Waals surface area contributed by atoms with Crippen molar-refractivity contribution in [3.63, 3.8) is 0 Å². The van der Waals surface area contributed by atoms with Crippen LogP contribution in [0.1, 0.15) is 25.7 Å².